The summed E-state index contributed by atoms with van der Waals surface area (Å²) >= 11 is 0. The number of nitrogens with zero attached hydrogens (tertiary/aromatic N) is 1. The summed E-state index contributed by atoms with van der Waals surface area (Å²) in [6, 6.07) is 14.3. The summed E-state index contributed by atoms with van der Waals surface area (Å²) in [5.74, 6) is 0.167. The molecule has 126 valence electrons. The molecular formula is C19H17N3O3. The molecule has 0 fully saturated rings. The molecule has 2 N–H and O–H groups in total. The molecule has 0 spiro atoms. The maximum atomic E-state index is 11.9. The van der Waals surface area contributed by atoms with Gasteiger partial charge in [-0.05, 0) is 35.9 Å². The van der Waals surface area contributed by atoms with Crippen LogP contribution in [0.25, 0.3) is 11.3 Å². The third-order valence-electron chi connectivity index (χ3n) is 3.54. The number of hydrogen-bond acceptors (Lipinski definition) is 4. The van der Waals surface area contributed by atoms with E-state index in [0.29, 0.717) is 12.1 Å². The SMILES string of the molecule is O=C(CNC(=O)c1ccccc1)NCc1cncc(-c2ccco2)c1. The third kappa shape index (κ3) is 4.54. The number of aromatic nitrogens is 1. The minimum absolute atomic E-state index is 0.0843. The average Bonchev–Trinajstić information content (AvgIpc) is 3.20. The lowest BCUT2D eigenvalue weighted by Crippen LogP contribution is -2.36. The van der Waals surface area contributed by atoms with Crippen LogP contribution < -0.4 is 10.6 Å². The Hall–Kier alpha value is -3.41. The van der Waals surface area contributed by atoms with E-state index in [-0.39, 0.29) is 18.4 Å². The Morgan fingerprint density at radius 3 is 2.60 bits per heavy atom. The number of furan rings is 1. The molecule has 0 bridgehead atoms. The molecule has 6 heteroatoms. The van der Waals surface area contributed by atoms with Crippen molar-refractivity contribution in [2.24, 2.45) is 0 Å². The molecule has 1 aromatic carbocycles. The Kier molecular flexibility index (Phi) is 5.21. The lowest BCUT2D eigenvalue weighted by molar-refractivity contribution is -0.120. The fourth-order valence-electron chi connectivity index (χ4n) is 2.28. The van der Waals surface area contributed by atoms with E-state index in [1.54, 1.807) is 49.0 Å². The van der Waals surface area contributed by atoms with Gasteiger partial charge in [-0.3, -0.25) is 14.6 Å². The number of nitrogens with one attached hydrogen (secondary N) is 2. The van der Waals surface area contributed by atoms with Crippen LogP contribution in [0.3, 0.4) is 0 Å². The number of carbonyl (C=O) groups is 2. The largest absolute Gasteiger partial charge is 0.464 e. The summed E-state index contributed by atoms with van der Waals surface area (Å²) in [4.78, 5) is 27.9. The van der Waals surface area contributed by atoms with Gasteiger partial charge >= 0.3 is 0 Å². The Bertz CT molecular complexity index is 845. The zero-order chi connectivity index (χ0) is 17.5. The smallest absolute Gasteiger partial charge is 0.251 e. The second-order valence-electron chi connectivity index (χ2n) is 5.38. The van der Waals surface area contributed by atoms with Crippen molar-refractivity contribution >= 4 is 11.8 Å². The lowest BCUT2D eigenvalue weighted by atomic mass is 10.1. The van der Waals surface area contributed by atoms with Gasteiger partial charge in [0.25, 0.3) is 5.91 Å². The van der Waals surface area contributed by atoms with Crippen LogP contribution in [0.4, 0.5) is 0 Å². The second kappa shape index (κ2) is 7.92. The molecule has 3 aromatic rings. The highest BCUT2D eigenvalue weighted by Crippen LogP contribution is 2.19. The number of rotatable bonds is 6. The number of pyridine rings is 1. The van der Waals surface area contributed by atoms with Crippen molar-refractivity contribution in [3.05, 3.63) is 78.3 Å². The first-order valence-corrected chi connectivity index (χ1v) is 7.80. The van der Waals surface area contributed by atoms with Crippen molar-refractivity contribution in [2.45, 2.75) is 6.54 Å². The van der Waals surface area contributed by atoms with E-state index in [9.17, 15) is 9.59 Å². The molecule has 2 heterocycles. The summed E-state index contributed by atoms with van der Waals surface area (Å²) in [6.45, 7) is 0.237. The molecule has 25 heavy (non-hydrogen) atoms. The molecule has 0 saturated heterocycles. The van der Waals surface area contributed by atoms with E-state index >= 15 is 0 Å². The molecule has 2 aromatic heterocycles. The first-order chi connectivity index (χ1) is 12.2. The normalized spacial score (nSPS) is 10.2. The molecule has 0 unspecified atom stereocenters. The van der Waals surface area contributed by atoms with Crippen LogP contribution in [-0.4, -0.2) is 23.3 Å². The summed E-state index contributed by atoms with van der Waals surface area (Å²) in [7, 11) is 0. The van der Waals surface area contributed by atoms with E-state index in [2.05, 4.69) is 15.6 Å². The fraction of sp³-hybridized carbons (Fsp3) is 0.105. The van der Waals surface area contributed by atoms with Crippen molar-refractivity contribution in [1.82, 2.24) is 15.6 Å². The lowest BCUT2D eigenvalue weighted by Gasteiger charge is -2.07. The third-order valence-corrected chi connectivity index (χ3v) is 3.54. The monoisotopic (exact) mass is 335 g/mol. The van der Waals surface area contributed by atoms with Crippen LogP contribution in [-0.2, 0) is 11.3 Å². The molecule has 6 nitrogen and oxygen atoms in total. The highest BCUT2D eigenvalue weighted by atomic mass is 16.3. The van der Waals surface area contributed by atoms with E-state index in [1.165, 1.54) is 0 Å². The van der Waals surface area contributed by atoms with Crippen molar-refractivity contribution in [2.75, 3.05) is 6.54 Å². The molecule has 0 aliphatic rings. The van der Waals surface area contributed by atoms with Crippen molar-refractivity contribution in [3.63, 3.8) is 0 Å². The topological polar surface area (TPSA) is 84.2 Å². The highest BCUT2D eigenvalue weighted by Gasteiger charge is 2.08. The van der Waals surface area contributed by atoms with E-state index in [4.69, 9.17) is 4.42 Å². The van der Waals surface area contributed by atoms with Gasteiger partial charge in [-0.25, -0.2) is 0 Å². The van der Waals surface area contributed by atoms with Gasteiger partial charge in [-0.15, -0.1) is 0 Å². The standard InChI is InChI=1S/C19H17N3O3/c23-18(13-22-19(24)15-5-2-1-3-6-15)21-11-14-9-16(12-20-10-14)17-7-4-8-25-17/h1-10,12H,11,13H2,(H,21,23)(H,22,24). The summed E-state index contributed by atoms with van der Waals surface area (Å²) < 4.78 is 5.33. The quantitative estimate of drug-likeness (QED) is 0.724. The van der Waals surface area contributed by atoms with Crippen LogP contribution in [0.5, 0.6) is 0 Å². The van der Waals surface area contributed by atoms with Gasteiger partial charge in [-0.2, -0.15) is 0 Å². The van der Waals surface area contributed by atoms with E-state index < -0.39 is 0 Å². The van der Waals surface area contributed by atoms with Crippen molar-refractivity contribution in [3.8, 4) is 11.3 Å². The zero-order valence-corrected chi connectivity index (χ0v) is 13.4. The summed E-state index contributed by atoms with van der Waals surface area (Å²) in [6.07, 6.45) is 4.97. The van der Waals surface area contributed by atoms with Crippen LogP contribution in [0, 0.1) is 0 Å². The number of hydrogen-bond donors (Lipinski definition) is 2. The molecular weight excluding hydrogens is 318 g/mol. The summed E-state index contributed by atoms with van der Waals surface area (Å²) in [5.41, 5.74) is 2.21. The maximum Gasteiger partial charge on any atom is 0.251 e. The highest BCUT2D eigenvalue weighted by molar-refractivity contribution is 5.96. The van der Waals surface area contributed by atoms with Crippen LogP contribution in [0.1, 0.15) is 15.9 Å². The molecule has 0 aliphatic heterocycles. The molecule has 0 radical (unpaired) electrons. The van der Waals surface area contributed by atoms with Gasteiger partial charge in [0.15, 0.2) is 0 Å². The van der Waals surface area contributed by atoms with Crippen LogP contribution in [0.15, 0.2) is 71.6 Å². The van der Waals surface area contributed by atoms with Gasteiger partial charge in [0.1, 0.15) is 5.76 Å². The maximum absolute atomic E-state index is 11.9. The number of carbonyl (C=O) groups excluding carboxylic acids is 2. The van der Waals surface area contributed by atoms with Gasteiger partial charge in [0, 0.05) is 30.1 Å². The van der Waals surface area contributed by atoms with E-state index in [0.717, 1.165) is 16.9 Å². The van der Waals surface area contributed by atoms with Gasteiger partial charge in [0.05, 0.1) is 12.8 Å². The van der Waals surface area contributed by atoms with Gasteiger partial charge in [0.2, 0.25) is 5.91 Å². The minimum atomic E-state index is -0.280. The second-order valence-corrected chi connectivity index (χ2v) is 5.38. The van der Waals surface area contributed by atoms with Crippen molar-refractivity contribution < 1.29 is 14.0 Å². The fourth-order valence-corrected chi connectivity index (χ4v) is 2.28. The number of amides is 2. The van der Waals surface area contributed by atoms with E-state index in [1.807, 2.05) is 18.2 Å². The molecule has 2 amide bonds. The number of benzene rings is 1. The first-order valence-electron chi connectivity index (χ1n) is 7.80. The Morgan fingerprint density at radius 2 is 1.84 bits per heavy atom. The molecule has 0 saturated carbocycles. The minimum Gasteiger partial charge on any atom is -0.464 e. The Labute approximate surface area is 144 Å². The van der Waals surface area contributed by atoms with Crippen molar-refractivity contribution in [1.29, 1.82) is 0 Å². The first kappa shape index (κ1) is 16.4. The molecule has 0 atom stereocenters. The van der Waals surface area contributed by atoms with Gasteiger partial charge in [-0.1, -0.05) is 18.2 Å². The molecule has 3 rings (SSSR count). The Balaban J connectivity index is 1.49. The predicted octanol–water partition coefficient (Wildman–Crippen LogP) is 2.39. The van der Waals surface area contributed by atoms with Gasteiger partial charge < -0.3 is 15.1 Å². The predicted molar refractivity (Wildman–Crippen MR) is 92.6 cm³/mol. The average molecular weight is 335 g/mol. The summed E-state index contributed by atoms with van der Waals surface area (Å²) in [5, 5.41) is 5.34. The van der Waals surface area contributed by atoms with Crippen LogP contribution >= 0.6 is 0 Å². The molecule has 0 aliphatic carbocycles. The van der Waals surface area contributed by atoms with Crippen LogP contribution in [0.2, 0.25) is 0 Å². The Morgan fingerprint density at radius 1 is 1.00 bits per heavy atom. The zero-order valence-electron chi connectivity index (χ0n) is 13.4.